The van der Waals surface area contributed by atoms with Gasteiger partial charge in [-0.25, -0.2) is 21.9 Å². The third-order valence-electron chi connectivity index (χ3n) is 2.91. The molecule has 1 aliphatic rings. The molecule has 6 nitrogen and oxygen atoms in total. The van der Waals surface area contributed by atoms with Crippen molar-refractivity contribution < 1.29 is 31.8 Å². The van der Waals surface area contributed by atoms with Gasteiger partial charge in [0.05, 0.1) is 32.5 Å². The van der Waals surface area contributed by atoms with Gasteiger partial charge in [-0.2, -0.15) is 0 Å². The minimum absolute atomic E-state index is 0.0356. The van der Waals surface area contributed by atoms with E-state index in [1.54, 1.807) is 0 Å². The van der Waals surface area contributed by atoms with Gasteiger partial charge in [-0.05, 0) is 17.7 Å². The van der Waals surface area contributed by atoms with Gasteiger partial charge in [0.15, 0.2) is 11.6 Å². The van der Waals surface area contributed by atoms with Crippen LogP contribution in [0, 0.1) is 11.6 Å². The fraction of sp³-hybridized carbons (Fsp3) is 0.500. The Bertz CT molecular complexity index is 602. The monoisotopic (exact) mass is 323 g/mol. The van der Waals surface area contributed by atoms with E-state index in [4.69, 9.17) is 14.6 Å². The van der Waals surface area contributed by atoms with Crippen LogP contribution in [0.1, 0.15) is 5.56 Å². The predicted octanol–water partition coefficient (Wildman–Crippen LogP) is 0.151. The molecule has 0 saturated carbocycles. The quantitative estimate of drug-likeness (QED) is 0.806. The largest absolute Gasteiger partial charge is 0.392 e. The van der Waals surface area contributed by atoms with Crippen molar-refractivity contribution in [2.75, 3.05) is 26.4 Å². The Balaban J connectivity index is 2.16. The zero-order chi connectivity index (χ0) is 15.5. The summed E-state index contributed by atoms with van der Waals surface area (Å²) in [4.78, 5) is -0.844. The fourth-order valence-electron chi connectivity index (χ4n) is 1.84. The summed E-state index contributed by atoms with van der Waals surface area (Å²) in [5, 5.41) is 8.94. The first kappa shape index (κ1) is 16.2. The number of aliphatic hydroxyl groups excluding tert-OH is 1. The highest BCUT2D eigenvalue weighted by atomic mass is 32.2. The molecule has 118 valence electrons. The van der Waals surface area contributed by atoms with E-state index in [0.717, 1.165) is 12.1 Å². The van der Waals surface area contributed by atoms with Crippen LogP contribution in [0.4, 0.5) is 8.78 Å². The molecule has 1 aromatic carbocycles. The molecule has 1 fully saturated rings. The van der Waals surface area contributed by atoms with Gasteiger partial charge < -0.3 is 14.6 Å². The molecule has 1 aromatic rings. The number of halogens is 2. The minimum Gasteiger partial charge on any atom is -0.392 e. The Kier molecular flexibility index (Phi) is 5.22. The Hall–Kier alpha value is -1.13. The Morgan fingerprint density at radius 3 is 2.71 bits per heavy atom. The van der Waals surface area contributed by atoms with Gasteiger partial charge >= 0.3 is 0 Å². The van der Waals surface area contributed by atoms with Crippen LogP contribution in [0.15, 0.2) is 17.0 Å². The highest BCUT2D eigenvalue weighted by molar-refractivity contribution is 7.89. The lowest BCUT2D eigenvalue weighted by molar-refractivity contribution is -0.0847. The topological polar surface area (TPSA) is 84.9 Å². The zero-order valence-corrected chi connectivity index (χ0v) is 11.8. The molecule has 1 atom stereocenters. The van der Waals surface area contributed by atoms with Gasteiger partial charge in [-0.1, -0.05) is 0 Å². The van der Waals surface area contributed by atoms with Crippen molar-refractivity contribution in [3.05, 3.63) is 29.3 Å². The van der Waals surface area contributed by atoms with E-state index in [1.807, 2.05) is 0 Å². The van der Waals surface area contributed by atoms with Gasteiger partial charge in [0.25, 0.3) is 0 Å². The summed E-state index contributed by atoms with van der Waals surface area (Å²) < 4.78 is 63.5. The lowest BCUT2D eigenvalue weighted by Gasteiger charge is -2.23. The molecular weight excluding hydrogens is 308 g/mol. The summed E-state index contributed by atoms with van der Waals surface area (Å²) in [7, 11) is -4.26. The van der Waals surface area contributed by atoms with E-state index < -0.39 is 39.3 Å². The van der Waals surface area contributed by atoms with Crippen molar-refractivity contribution in [1.29, 1.82) is 0 Å². The standard InChI is InChI=1S/C12H15F2NO5S/c13-10-3-8(6-16)4-11(12(10)14)21(17,18)15-5-9-7-19-1-2-20-9/h3-4,9,15-16H,1-2,5-7H2. The number of sulfonamides is 1. The average molecular weight is 323 g/mol. The Labute approximate surface area is 120 Å². The highest BCUT2D eigenvalue weighted by Crippen LogP contribution is 2.20. The second-order valence-corrected chi connectivity index (χ2v) is 6.20. The highest BCUT2D eigenvalue weighted by Gasteiger charge is 2.25. The maximum absolute atomic E-state index is 13.6. The van der Waals surface area contributed by atoms with Crippen LogP contribution in [-0.2, 0) is 26.1 Å². The molecular formula is C12H15F2NO5S. The predicted molar refractivity (Wildman–Crippen MR) is 68.0 cm³/mol. The Morgan fingerprint density at radius 1 is 1.33 bits per heavy atom. The van der Waals surface area contributed by atoms with E-state index in [2.05, 4.69) is 4.72 Å². The summed E-state index contributed by atoms with van der Waals surface area (Å²) in [5.41, 5.74) is -0.0356. The normalized spacial score (nSPS) is 19.7. The summed E-state index contributed by atoms with van der Waals surface area (Å²) in [6.45, 7) is 0.277. The third-order valence-corrected chi connectivity index (χ3v) is 4.34. The molecule has 2 N–H and O–H groups in total. The molecule has 0 spiro atoms. The van der Waals surface area contributed by atoms with Crippen LogP contribution in [0.3, 0.4) is 0 Å². The van der Waals surface area contributed by atoms with Crippen LogP contribution in [0.2, 0.25) is 0 Å². The van der Waals surface area contributed by atoms with Crippen LogP contribution >= 0.6 is 0 Å². The molecule has 1 saturated heterocycles. The molecule has 1 aliphatic heterocycles. The molecule has 1 unspecified atom stereocenters. The zero-order valence-electron chi connectivity index (χ0n) is 11.0. The van der Waals surface area contributed by atoms with Crippen molar-refractivity contribution in [1.82, 2.24) is 4.72 Å². The summed E-state index contributed by atoms with van der Waals surface area (Å²) in [5.74, 6) is -2.82. The van der Waals surface area contributed by atoms with E-state index in [1.165, 1.54) is 0 Å². The van der Waals surface area contributed by atoms with Gasteiger partial charge in [0.2, 0.25) is 10.0 Å². The van der Waals surface area contributed by atoms with Gasteiger partial charge in [0, 0.05) is 6.54 Å². The number of hydrogen-bond acceptors (Lipinski definition) is 5. The lowest BCUT2D eigenvalue weighted by Crippen LogP contribution is -2.39. The van der Waals surface area contributed by atoms with Gasteiger partial charge in [-0.3, -0.25) is 0 Å². The first-order valence-electron chi connectivity index (χ1n) is 6.22. The maximum atomic E-state index is 13.6. The molecule has 21 heavy (non-hydrogen) atoms. The fourth-order valence-corrected chi connectivity index (χ4v) is 3.04. The summed E-state index contributed by atoms with van der Waals surface area (Å²) in [6, 6.07) is 1.63. The van der Waals surface area contributed by atoms with Crippen LogP contribution in [0.5, 0.6) is 0 Å². The number of rotatable bonds is 5. The maximum Gasteiger partial charge on any atom is 0.243 e. The van der Waals surface area contributed by atoms with E-state index >= 15 is 0 Å². The Morgan fingerprint density at radius 2 is 2.10 bits per heavy atom. The molecule has 2 rings (SSSR count). The number of nitrogens with one attached hydrogen (secondary N) is 1. The van der Waals surface area contributed by atoms with Crippen LogP contribution < -0.4 is 4.72 Å². The summed E-state index contributed by atoms with van der Waals surface area (Å²) >= 11 is 0. The number of hydrogen-bond donors (Lipinski definition) is 2. The van der Waals surface area contributed by atoms with Crippen LogP contribution in [-0.4, -0.2) is 46.0 Å². The SMILES string of the molecule is O=S(=O)(NCC1COCCO1)c1cc(CO)cc(F)c1F. The molecule has 0 bridgehead atoms. The molecule has 1 heterocycles. The molecule has 0 aromatic heterocycles. The number of benzene rings is 1. The van der Waals surface area contributed by atoms with E-state index in [-0.39, 0.29) is 18.7 Å². The third kappa shape index (κ3) is 3.95. The average Bonchev–Trinajstić information content (AvgIpc) is 2.48. The smallest absolute Gasteiger partial charge is 0.243 e. The molecule has 0 amide bonds. The molecule has 0 radical (unpaired) electrons. The van der Waals surface area contributed by atoms with E-state index in [0.29, 0.717) is 13.2 Å². The number of ether oxygens (including phenoxy) is 2. The summed E-state index contributed by atoms with van der Waals surface area (Å²) in [6.07, 6.45) is -0.484. The van der Waals surface area contributed by atoms with Crippen molar-refractivity contribution in [3.63, 3.8) is 0 Å². The van der Waals surface area contributed by atoms with Gasteiger partial charge in [-0.15, -0.1) is 0 Å². The molecule has 9 heteroatoms. The second kappa shape index (κ2) is 6.75. The van der Waals surface area contributed by atoms with Crippen molar-refractivity contribution >= 4 is 10.0 Å². The second-order valence-electron chi connectivity index (χ2n) is 4.47. The van der Waals surface area contributed by atoms with Crippen molar-refractivity contribution in [2.45, 2.75) is 17.6 Å². The molecule has 0 aliphatic carbocycles. The van der Waals surface area contributed by atoms with Crippen molar-refractivity contribution in [2.24, 2.45) is 0 Å². The first-order valence-corrected chi connectivity index (χ1v) is 7.70. The van der Waals surface area contributed by atoms with Gasteiger partial charge in [0.1, 0.15) is 4.90 Å². The first-order chi connectivity index (χ1) is 9.94. The number of aliphatic hydroxyl groups is 1. The minimum atomic E-state index is -4.26. The van der Waals surface area contributed by atoms with Crippen molar-refractivity contribution in [3.8, 4) is 0 Å². The lowest BCUT2D eigenvalue weighted by atomic mass is 10.2. The van der Waals surface area contributed by atoms with E-state index in [9.17, 15) is 17.2 Å². The van der Waals surface area contributed by atoms with Crippen LogP contribution in [0.25, 0.3) is 0 Å².